The van der Waals surface area contributed by atoms with Gasteiger partial charge in [0, 0.05) is 6.20 Å². The molecule has 0 atom stereocenters. The molecule has 4 aromatic rings. The molecule has 30 heavy (non-hydrogen) atoms. The van der Waals surface area contributed by atoms with Crippen molar-refractivity contribution in [1.82, 2.24) is 4.98 Å². The Bertz CT molecular complexity index is 983. The van der Waals surface area contributed by atoms with Crippen molar-refractivity contribution in [3.63, 3.8) is 0 Å². The van der Waals surface area contributed by atoms with E-state index >= 15 is 0 Å². The van der Waals surface area contributed by atoms with Crippen molar-refractivity contribution in [3.05, 3.63) is 121 Å². The summed E-state index contributed by atoms with van der Waals surface area (Å²) in [5, 5.41) is 3.51. The van der Waals surface area contributed by atoms with Gasteiger partial charge in [-0.2, -0.15) is 13.2 Å². The van der Waals surface area contributed by atoms with Crippen molar-refractivity contribution in [2.24, 2.45) is 0 Å². The molecular weight excluding hydrogens is 402 g/mol. The van der Waals surface area contributed by atoms with Gasteiger partial charge in [0.25, 0.3) is 0 Å². The number of halogens is 3. The molecule has 0 fully saturated rings. The summed E-state index contributed by atoms with van der Waals surface area (Å²) in [6.07, 6.45) is -2.91. The molecule has 0 unspecified atom stereocenters. The van der Waals surface area contributed by atoms with Gasteiger partial charge in [-0.3, -0.25) is 4.98 Å². The molecule has 1 aromatic heterocycles. The highest BCUT2D eigenvalue weighted by atomic mass is 31.2. The Hall–Kier alpha value is -2.97. The van der Waals surface area contributed by atoms with Gasteiger partial charge >= 0.3 is 6.18 Å². The Labute approximate surface area is 174 Å². The Morgan fingerprint density at radius 2 is 1.03 bits per heavy atom. The van der Waals surface area contributed by atoms with Crippen LogP contribution in [0.3, 0.4) is 0 Å². The van der Waals surface area contributed by atoms with E-state index in [1.807, 2.05) is 54.6 Å². The summed E-state index contributed by atoms with van der Waals surface area (Å²) in [7, 11) is -2.17. The second-order valence-corrected chi connectivity index (χ2v) is 10.5. The zero-order valence-corrected chi connectivity index (χ0v) is 17.0. The molecule has 5 heteroatoms. The first kappa shape index (κ1) is 20.3. The summed E-state index contributed by atoms with van der Waals surface area (Å²) in [5.41, 5.74) is -0.0813. The van der Waals surface area contributed by atoms with Crippen molar-refractivity contribution in [2.45, 2.75) is 12.3 Å². The monoisotopic (exact) mass is 422 g/mol. The fourth-order valence-electron chi connectivity index (χ4n) is 3.70. The number of pyridine rings is 1. The van der Waals surface area contributed by atoms with Crippen LogP contribution in [0.4, 0.5) is 13.2 Å². The summed E-state index contributed by atoms with van der Waals surface area (Å²) < 4.78 is 39.1. The number of alkyl halides is 3. The predicted molar refractivity (Wildman–Crippen MR) is 118 cm³/mol. The number of hydrogen-bond donors (Lipinski definition) is 0. The first-order valence-electron chi connectivity index (χ1n) is 9.57. The van der Waals surface area contributed by atoms with E-state index in [0.29, 0.717) is 11.9 Å². The van der Waals surface area contributed by atoms with Gasteiger partial charge in [-0.1, -0.05) is 54.6 Å². The first-order chi connectivity index (χ1) is 14.5. The average molecular weight is 422 g/mol. The van der Waals surface area contributed by atoms with Crippen molar-refractivity contribution in [1.29, 1.82) is 0 Å². The minimum Gasteiger partial charge on any atom is -0.257 e. The number of aromatic nitrogens is 1. The lowest BCUT2D eigenvalue weighted by Gasteiger charge is -2.27. The van der Waals surface area contributed by atoms with Crippen LogP contribution in [0, 0.1) is 0 Å². The van der Waals surface area contributed by atoms with Crippen molar-refractivity contribution >= 4 is 23.2 Å². The van der Waals surface area contributed by atoms with E-state index < -0.39 is 19.0 Å². The van der Waals surface area contributed by atoms with Gasteiger partial charge in [0.15, 0.2) is 0 Å². The third-order valence-corrected chi connectivity index (χ3v) is 9.48. The van der Waals surface area contributed by atoms with Crippen molar-refractivity contribution in [3.8, 4) is 0 Å². The number of hydrogen-bond acceptors (Lipinski definition) is 1. The highest BCUT2D eigenvalue weighted by Gasteiger charge is 2.45. The van der Waals surface area contributed by atoms with Gasteiger partial charge < -0.3 is 0 Å². The Balaban J connectivity index is 1.91. The molecule has 0 aliphatic rings. The highest BCUT2D eigenvalue weighted by Crippen LogP contribution is 2.57. The summed E-state index contributed by atoms with van der Waals surface area (Å²) >= 11 is 0. The normalized spacial score (nSPS) is 12.0. The fourth-order valence-corrected chi connectivity index (χ4v) is 7.86. The van der Waals surface area contributed by atoms with Gasteiger partial charge in [0.2, 0.25) is 0 Å². The lowest BCUT2D eigenvalue weighted by molar-refractivity contribution is -0.137. The number of nitrogens with zero attached hydrogens (tertiary/aromatic N) is 1. The molecular formula is C25H20F3NP+. The van der Waals surface area contributed by atoms with Crippen LogP contribution >= 0.6 is 7.26 Å². The van der Waals surface area contributed by atoms with Gasteiger partial charge in [-0.05, 0) is 48.5 Å². The number of benzene rings is 3. The standard InChI is InChI=1S/C25H20F3NP/c26-25(27,28)20-16-17-21(29-18-20)19-30(22-10-4-1-5-11-22,23-12-6-2-7-13-23)24-14-8-3-9-15-24/h1-18H,19H2/q+1. The molecule has 1 heterocycles. The molecule has 3 aromatic carbocycles. The SMILES string of the molecule is FC(F)(F)c1ccc(C[P+](c2ccccc2)(c2ccccc2)c2ccccc2)nc1. The first-order valence-corrected chi connectivity index (χ1v) is 11.5. The highest BCUT2D eigenvalue weighted by molar-refractivity contribution is 7.95. The third-order valence-electron chi connectivity index (χ3n) is 5.14. The quantitative estimate of drug-likeness (QED) is 0.382. The minimum atomic E-state index is -4.39. The van der Waals surface area contributed by atoms with Crippen LogP contribution < -0.4 is 15.9 Å². The van der Waals surface area contributed by atoms with Crippen LogP contribution in [0.15, 0.2) is 109 Å². The van der Waals surface area contributed by atoms with Crippen LogP contribution in [0.25, 0.3) is 0 Å². The van der Waals surface area contributed by atoms with Gasteiger partial charge in [-0.15, -0.1) is 0 Å². The molecule has 4 rings (SSSR count). The second-order valence-electron chi connectivity index (χ2n) is 7.01. The maximum Gasteiger partial charge on any atom is 0.417 e. The largest absolute Gasteiger partial charge is 0.417 e. The molecule has 0 saturated heterocycles. The summed E-state index contributed by atoms with van der Waals surface area (Å²) in [4.78, 5) is 4.21. The van der Waals surface area contributed by atoms with Crippen LogP contribution in [-0.4, -0.2) is 4.98 Å². The Kier molecular flexibility index (Phi) is 5.69. The molecule has 0 bridgehead atoms. The van der Waals surface area contributed by atoms with Gasteiger partial charge in [0.05, 0.1) is 11.3 Å². The average Bonchev–Trinajstić information content (AvgIpc) is 2.79. The van der Waals surface area contributed by atoms with E-state index in [9.17, 15) is 13.2 Å². The van der Waals surface area contributed by atoms with E-state index in [1.165, 1.54) is 22.0 Å². The third kappa shape index (κ3) is 4.01. The maximum atomic E-state index is 13.0. The summed E-state index contributed by atoms with van der Waals surface area (Å²) in [6, 6.07) is 33.3. The summed E-state index contributed by atoms with van der Waals surface area (Å²) in [6.45, 7) is 0. The van der Waals surface area contributed by atoms with Gasteiger partial charge in [-0.25, -0.2) is 0 Å². The molecule has 0 aliphatic carbocycles. The molecule has 0 spiro atoms. The van der Waals surface area contributed by atoms with Crippen molar-refractivity contribution in [2.75, 3.05) is 0 Å². The molecule has 150 valence electrons. The molecule has 0 amide bonds. The maximum absolute atomic E-state index is 13.0. The smallest absolute Gasteiger partial charge is 0.257 e. The van der Waals surface area contributed by atoms with Crippen LogP contribution in [-0.2, 0) is 12.3 Å². The molecule has 0 N–H and O–H groups in total. The fraction of sp³-hybridized carbons (Fsp3) is 0.0800. The van der Waals surface area contributed by atoms with E-state index in [-0.39, 0.29) is 0 Å². The van der Waals surface area contributed by atoms with E-state index in [2.05, 4.69) is 41.4 Å². The minimum absolute atomic E-state index is 0.545. The molecule has 0 radical (unpaired) electrons. The van der Waals surface area contributed by atoms with E-state index in [0.717, 1.165) is 12.3 Å². The number of rotatable bonds is 5. The predicted octanol–water partition coefficient (Wildman–Crippen LogP) is 5.59. The molecule has 0 aliphatic heterocycles. The lowest BCUT2D eigenvalue weighted by atomic mass is 10.2. The summed E-state index contributed by atoms with van der Waals surface area (Å²) in [5.74, 6) is 0. The van der Waals surface area contributed by atoms with Gasteiger partial charge in [0.1, 0.15) is 29.3 Å². The Morgan fingerprint density at radius 1 is 0.600 bits per heavy atom. The van der Waals surface area contributed by atoms with Crippen LogP contribution in [0.2, 0.25) is 0 Å². The second kappa shape index (κ2) is 8.41. The van der Waals surface area contributed by atoms with Crippen LogP contribution in [0.1, 0.15) is 11.3 Å². The van der Waals surface area contributed by atoms with E-state index in [1.54, 1.807) is 0 Å². The molecule has 1 nitrogen and oxygen atoms in total. The lowest BCUT2D eigenvalue weighted by Crippen LogP contribution is -2.32. The van der Waals surface area contributed by atoms with Crippen molar-refractivity contribution < 1.29 is 13.2 Å². The topological polar surface area (TPSA) is 12.9 Å². The zero-order chi connectivity index (χ0) is 21.0. The molecule has 0 saturated carbocycles. The Morgan fingerprint density at radius 3 is 1.37 bits per heavy atom. The van der Waals surface area contributed by atoms with E-state index in [4.69, 9.17) is 0 Å². The zero-order valence-electron chi connectivity index (χ0n) is 16.1. The van der Waals surface area contributed by atoms with Crippen LogP contribution in [0.5, 0.6) is 0 Å².